The van der Waals surface area contributed by atoms with E-state index >= 15 is 0 Å². The Bertz CT molecular complexity index is 434. The molecule has 0 fully saturated rings. The highest BCUT2D eigenvalue weighted by Crippen LogP contribution is 2.11. The molecule has 2 aromatic heterocycles. The van der Waals surface area contributed by atoms with E-state index in [0.29, 0.717) is 6.54 Å². The van der Waals surface area contributed by atoms with Crippen LogP contribution in [0, 0.1) is 0 Å². The van der Waals surface area contributed by atoms with Gasteiger partial charge in [0.15, 0.2) is 5.82 Å². The highest BCUT2D eigenvalue weighted by atomic mass is 32.1. The smallest absolute Gasteiger partial charge is 0.202 e. The lowest BCUT2D eigenvalue weighted by Crippen LogP contribution is -2.05. The average Bonchev–Trinajstić information content (AvgIpc) is 2.84. The first kappa shape index (κ1) is 10.0. The fourth-order valence-electron chi connectivity index (χ4n) is 1.09. The molecule has 0 atom stereocenters. The Morgan fingerprint density at radius 2 is 2.40 bits per heavy atom. The number of anilines is 1. The number of rotatable bonds is 4. The van der Waals surface area contributed by atoms with E-state index < -0.39 is 0 Å². The zero-order valence-corrected chi connectivity index (χ0v) is 9.45. The molecule has 0 aliphatic heterocycles. The van der Waals surface area contributed by atoms with Crippen molar-refractivity contribution in [1.29, 1.82) is 0 Å². The average molecular weight is 224 g/mol. The van der Waals surface area contributed by atoms with E-state index in [1.165, 1.54) is 11.5 Å². The van der Waals surface area contributed by atoms with Crippen molar-refractivity contribution in [2.45, 2.75) is 19.9 Å². The third-order valence-electron chi connectivity index (χ3n) is 1.99. The summed E-state index contributed by atoms with van der Waals surface area (Å²) in [6.07, 6.45) is 2.54. The first-order valence-corrected chi connectivity index (χ1v) is 5.46. The Labute approximate surface area is 91.5 Å². The Morgan fingerprint density at radius 1 is 1.53 bits per heavy atom. The molecule has 6 nitrogen and oxygen atoms in total. The van der Waals surface area contributed by atoms with Gasteiger partial charge in [-0.1, -0.05) is 6.92 Å². The molecule has 0 aliphatic carbocycles. The quantitative estimate of drug-likeness (QED) is 0.833. The van der Waals surface area contributed by atoms with E-state index in [1.807, 2.05) is 18.5 Å². The zero-order chi connectivity index (χ0) is 10.7. The summed E-state index contributed by atoms with van der Waals surface area (Å²) >= 11 is 1.37. The minimum Gasteiger partial charge on any atom is -0.353 e. The molecule has 80 valence electrons. The maximum absolute atomic E-state index is 4.30. The standard InChI is InChI=1S/C8H12N6S/c1-3-6-11-8(15-13-6)9-4-7-12-10-5-14(7)2/h5H,3-4H2,1-2H3,(H,9,11,13). The van der Waals surface area contributed by atoms with Crippen molar-refractivity contribution >= 4 is 16.7 Å². The molecule has 0 radical (unpaired) electrons. The van der Waals surface area contributed by atoms with Crippen molar-refractivity contribution in [3.8, 4) is 0 Å². The first-order valence-electron chi connectivity index (χ1n) is 4.69. The van der Waals surface area contributed by atoms with Crippen LogP contribution >= 0.6 is 11.5 Å². The van der Waals surface area contributed by atoms with E-state index in [9.17, 15) is 0 Å². The molecule has 1 N–H and O–H groups in total. The number of aryl methyl sites for hydroxylation is 2. The lowest BCUT2D eigenvalue weighted by atomic mass is 10.5. The molecule has 2 heterocycles. The van der Waals surface area contributed by atoms with Crippen LogP contribution in [-0.4, -0.2) is 24.1 Å². The van der Waals surface area contributed by atoms with Crippen molar-refractivity contribution < 1.29 is 0 Å². The summed E-state index contributed by atoms with van der Waals surface area (Å²) in [5.41, 5.74) is 0. The molecule has 0 saturated carbocycles. The first-order chi connectivity index (χ1) is 7.29. The fourth-order valence-corrected chi connectivity index (χ4v) is 1.74. The Hall–Kier alpha value is -1.50. The van der Waals surface area contributed by atoms with Gasteiger partial charge in [-0.2, -0.15) is 4.37 Å². The number of aromatic nitrogens is 5. The van der Waals surface area contributed by atoms with Gasteiger partial charge in [-0.25, -0.2) is 4.98 Å². The Balaban J connectivity index is 1.96. The predicted octanol–water partition coefficient (Wildman–Crippen LogP) is 0.841. The van der Waals surface area contributed by atoms with Crippen LogP contribution in [0.15, 0.2) is 6.33 Å². The van der Waals surface area contributed by atoms with E-state index in [1.54, 1.807) is 6.33 Å². The highest BCUT2D eigenvalue weighted by Gasteiger charge is 2.04. The molecule has 2 aromatic rings. The second-order valence-electron chi connectivity index (χ2n) is 3.08. The fraction of sp³-hybridized carbons (Fsp3) is 0.500. The van der Waals surface area contributed by atoms with Gasteiger partial charge in [-0.15, -0.1) is 10.2 Å². The SMILES string of the molecule is CCc1nsc(NCc2nncn2C)n1. The van der Waals surface area contributed by atoms with Gasteiger partial charge >= 0.3 is 0 Å². The number of nitrogens with one attached hydrogen (secondary N) is 1. The zero-order valence-electron chi connectivity index (χ0n) is 8.64. The van der Waals surface area contributed by atoms with Crippen LogP contribution in [0.5, 0.6) is 0 Å². The summed E-state index contributed by atoms with van der Waals surface area (Å²) < 4.78 is 6.05. The predicted molar refractivity (Wildman–Crippen MR) is 57.6 cm³/mol. The summed E-state index contributed by atoms with van der Waals surface area (Å²) in [5, 5.41) is 11.8. The molecule has 0 aromatic carbocycles. The summed E-state index contributed by atoms with van der Waals surface area (Å²) in [6.45, 7) is 2.66. The van der Waals surface area contributed by atoms with Crippen molar-refractivity contribution in [3.05, 3.63) is 18.0 Å². The van der Waals surface area contributed by atoms with Gasteiger partial charge in [0.2, 0.25) is 5.13 Å². The van der Waals surface area contributed by atoms with Gasteiger partial charge in [-0.3, -0.25) is 0 Å². The summed E-state index contributed by atoms with van der Waals surface area (Å²) in [4.78, 5) is 4.30. The molecule has 0 saturated heterocycles. The molecule has 7 heteroatoms. The second kappa shape index (κ2) is 4.35. The van der Waals surface area contributed by atoms with Crippen LogP contribution in [0.1, 0.15) is 18.6 Å². The number of hydrogen-bond acceptors (Lipinski definition) is 6. The maximum Gasteiger partial charge on any atom is 0.202 e. The summed E-state index contributed by atoms with van der Waals surface area (Å²) in [7, 11) is 1.91. The third-order valence-corrected chi connectivity index (χ3v) is 2.70. The highest BCUT2D eigenvalue weighted by molar-refractivity contribution is 7.09. The van der Waals surface area contributed by atoms with Crippen LogP contribution in [0.2, 0.25) is 0 Å². The van der Waals surface area contributed by atoms with Gasteiger partial charge in [0.25, 0.3) is 0 Å². The van der Waals surface area contributed by atoms with E-state index in [0.717, 1.165) is 23.2 Å². The van der Waals surface area contributed by atoms with Crippen molar-refractivity contribution in [3.63, 3.8) is 0 Å². The second-order valence-corrected chi connectivity index (χ2v) is 3.83. The molecular formula is C8H12N6S. The van der Waals surface area contributed by atoms with Crippen molar-refractivity contribution in [2.75, 3.05) is 5.32 Å². The molecule has 0 bridgehead atoms. The van der Waals surface area contributed by atoms with E-state index in [-0.39, 0.29) is 0 Å². The van der Waals surface area contributed by atoms with Gasteiger partial charge in [0, 0.05) is 25.0 Å². The maximum atomic E-state index is 4.30. The van der Waals surface area contributed by atoms with Crippen LogP contribution in [0.25, 0.3) is 0 Å². The lowest BCUT2D eigenvalue weighted by Gasteiger charge is -2.00. The molecule has 0 aliphatic rings. The largest absolute Gasteiger partial charge is 0.353 e. The number of hydrogen-bond donors (Lipinski definition) is 1. The molecule has 15 heavy (non-hydrogen) atoms. The normalized spacial score (nSPS) is 10.5. The molecule has 0 spiro atoms. The van der Waals surface area contributed by atoms with Gasteiger partial charge in [0.1, 0.15) is 12.2 Å². The third kappa shape index (κ3) is 2.30. The Kier molecular flexibility index (Phi) is 2.91. The summed E-state index contributed by atoms with van der Waals surface area (Å²) in [5.74, 6) is 1.75. The van der Waals surface area contributed by atoms with Crippen LogP contribution < -0.4 is 5.32 Å². The van der Waals surface area contributed by atoms with Gasteiger partial charge in [0.05, 0.1) is 6.54 Å². The topological polar surface area (TPSA) is 68.5 Å². The minimum atomic E-state index is 0.620. The van der Waals surface area contributed by atoms with Crippen LogP contribution in [-0.2, 0) is 20.0 Å². The van der Waals surface area contributed by atoms with Gasteiger partial charge < -0.3 is 9.88 Å². The number of nitrogens with zero attached hydrogens (tertiary/aromatic N) is 5. The molecule has 2 rings (SSSR count). The molecule has 0 amide bonds. The lowest BCUT2D eigenvalue weighted by molar-refractivity contribution is 0.811. The van der Waals surface area contributed by atoms with Crippen LogP contribution in [0.3, 0.4) is 0 Å². The molecule has 0 unspecified atom stereocenters. The summed E-state index contributed by atoms with van der Waals surface area (Å²) in [6, 6.07) is 0. The van der Waals surface area contributed by atoms with Crippen LogP contribution in [0.4, 0.5) is 5.13 Å². The van der Waals surface area contributed by atoms with Gasteiger partial charge in [-0.05, 0) is 0 Å². The van der Waals surface area contributed by atoms with E-state index in [4.69, 9.17) is 0 Å². The Morgan fingerprint density at radius 3 is 3.00 bits per heavy atom. The monoisotopic (exact) mass is 224 g/mol. The molecular weight excluding hydrogens is 212 g/mol. The van der Waals surface area contributed by atoms with E-state index in [2.05, 4.69) is 24.9 Å². The minimum absolute atomic E-state index is 0.620. The van der Waals surface area contributed by atoms with Crippen molar-refractivity contribution in [1.82, 2.24) is 24.1 Å². The van der Waals surface area contributed by atoms with Crippen molar-refractivity contribution in [2.24, 2.45) is 7.05 Å².